The van der Waals surface area contributed by atoms with Gasteiger partial charge in [-0.05, 0) is 44.9 Å². The van der Waals surface area contributed by atoms with Crippen LogP contribution in [0.4, 0.5) is 24.8 Å². The van der Waals surface area contributed by atoms with Crippen molar-refractivity contribution in [1.82, 2.24) is 18.1 Å². The molecule has 0 bridgehead atoms. The van der Waals surface area contributed by atoms with Crippen molar-refractivity contribution >= 4 is 42.6 Å². The number of aromatic nitrogens is 4. The Labute approximate surface area is 228 Å². The van der Waals surface area contributed by atoms with Crippen molar-refractivity contribution < 1.29 is 30.0 Å². The number of pyridine rings is 1. The third-order valence-electron chi connectivity index (χ3n) is 7.47. The average Bonchev–Trinajstić information content (AvgIpc) is 3.29. The Morgan fingerprint density at radius 2 is 1.73 bits per heavy atom. The number of benzene rings is 1. The van der Waals surface area contributed by atoms with Gasteiger partial charge in [-0.2, -0.15) is 12.5 Å². The highest BCUT2D eigenvalue weighted by atomic mass is 32.2. The van der Waals surface area contributed by atoms with Crippen molar-refractivity contribution in [2.75, 3.05) is 29.4 Å². The maximum Gasteiger partial charge on any atom is 0.285 e. The van der Waals surface area contributed by atoms with E-state index in [1.165, 1.54) is 19.9 Å². The number of halogens is 3. The minimum Gasteiger partial charge on any atom is -0.352 e. The molecule has 0 amide bonds. The second-order valence-corrected chi connectivity index (χ2v) is 14.5. The molecule has 40 heavy (non-hydrogen) atoms. The summed E-state index contributed by atoms with van der Waals surface area (Å²) in [5, 5.41) is 3.36. The van der Waals surface area contributed by atoms with Gasteiger partial charge in [0.1, 0.15) is 28.2 Å². The van der Waals surface area contributed by atoms with Gasteiger partial charge >= 0.3 is 0 Å². The summed E-state index contributed by atoms with van der Waals surface area (Å²) in [6, 6.07) is 5.57. The van der Waals surface area contributed by atoms with Gasteiger partial charge in [0.2, 0.25) is 10.0 Å². The lowest BCUT2D eigenvalue weighted by molar-refractivity contribution is 0.500. The zero-order valence-corrected chi connectivity index (χ0v) is 23.1. The Morgan fingerprint density at radius 1 is 0.975 bits per heavy atom. The molecule has 1 aliphatic heterocycles. The van der Waals surface area contributed by atoms with E-state index < -0.39 is 53.2 Å². The topological polar surface area (TPSA) is 110 Å². The van der Waals surface area contributed by atoms with Crippen molar-refractivity contribution in [3.8, 4) is 0 Å². The van der Waals surface area contributed by atoms with E-state index in [4.69, 9.17) is 0 Å². The maximum atomic E-state index is 15.3. The zero-order valence-electron chi connectivity index (χ0n) is 21.5. The fraction of sp³-hybridized carbons (Fsp3) is 0.360. The molecule has 1 aliphatic carbocycles. The summed E-state index contributed by atoms with van der Waals surface area (Å²) in [4.78, 5) is 7.58. The quantitative estimate of drug-likeness (QED) is 0.335. The van der Waals surface area contributed by atoms with E-state index in [-0.39, 0.29) is 16.7 Å². The van der Waals surface area contributed by atoms with Gasteiger partial charge in [0.15, 0.2) is 5.82 Å². The predicted octanol–water partition coefficient (Wildman–Crippen LogP) is 3.33. The molecule has 2 aliphatic rings. The van der Waals surface area contributed by atoms with Gasteiger partial charge in [0, 0.05) is 44.2 Å². The van der Waals surface area contributed by atoms with Gasteiger partial charge in [0.25, 0.3) is 10.0 Å². The van der Waals surface area contributed by atoms with Crippen molar-refractivity contribution in [3.05, 3.63) is 66.4 Å². The van der Waals surface area contributed by atoms with Crippen LogP contribution in [-0.4, -0.2) is 65.4 Å². The molecule has 6 rings (SSSR count). The molecular weight excluding hydrogens is 569 g/mol. The summed E-state index contributed by atoms with van der Waals surface area (Å²) < 4.78 is 97.0. The summed E-state index contributed by atoms with van der Waals surface area (Å²) in [5.41, 5.74) is -0.801. The molecule has 0 N–H and O–H groups in total. The Bertz CT molecular complexity index is 1850. The first-order valence-electron chi connectivity index (χ1n) is 12.5. The lowest BCUT2D eigenvalue weighted by Crippen LogP contribution is -2.55. The van der Waals surface area contributed by atoms with E-state index in [1.54, 1.807) is 6.07 Å². The van der Waals surface area contributed by atoms with Crippen molar-refractivity contribution in [2.24, 2.45) is 0 Å². The van der Waals surface area contributed by atoms with E-state index in [9.17, 15) is 25.6 Å². The number of piperazine rings is 1. The second kappa shape index (κ2) is 8.96. The number of hydrogen-bond donors (Lipinski definition) is 0. The lowest BCUT2D eigenvalue weighted by atomic mass is 10.1. The normalized spacial score (nSPS) is 17.4. The van der Waals surface area contributed by atoms with Crippen LogP contribution in [0.3, 0.4) is 0 Å². The summed E-state index contributed by atoms with van der Waals surface area (Å²) in [6.45, 7) is 4.13. The van der Waals surface area contributed by atoms with Crippen LogP contribution < -0.4 is 9.80 Å². The molecule has 4 heterocycles. The molecule has 0 radical (unpaired) electrons. The average molecular weight is 595 g/mol. The molecule has 15 heteroatoms. The second-order valence-electron chi connectivity index (χ2n) is 10.4. The molecule has 2 fully saturated rings. The van der Waals surface area contributed by atoms with Crippen LogP contribution in [0.2, 0.25) is 0 Å². The number of nitrogens with zero attached hydrogens (tertiary/aromatic N) is 6. The molecular formula is C25H25F3N6O4S2. The molecule has 0 unspecified atom stereocenters. The van der Waals surface area contributed by atoms with Crippen molar-refractivity contribution in [1.29, 1.82) is 0 Å². The summed E-state index contributed by atoms with van der Waals surface area (Å²) in [5.74, 6) is -1.78. The van der Waals surface area contributed by atoms with Gasteiger partial charge in [0.05, 0.1) is 27.9 Å². The maximum absolute atomic E-state index is 15.3. The third-order valence-corrected chi connectivity index (χ3v) is 11.1. The van der Waals surface area contributed by atoms with E-state index >= 15 is 4.39 Å². The van der Waals surface area contributed by atoms with Crippen LogP contribution in [0.25, 0.3) is 10.9 Å². The first kappa shape index (κ1) is 26.6. The van der Waals surface area contributed by atoms with Gasteiger partial charge in [-0.25, -0.2) is 26.6 Å². The highest BCUT2D eigenvalue weighted by Crippen LogP contribution is 2.48. The van der Waals surface area contributed by atoms with Crippen LogP contribution in [0.5, 0.6) is 0 Å². The molecule has 3 aromatic heterocycles. The van der Waals surface area contributed by atoms with Gasteiger partial charge in [-0.3, -0.25) is 3.97 Å². The molecule has 4 aromatic rings. The SMILES string of the molecule is CC(C)S(=O)(=O)n1ccc(S(=O)(=O)n2nc(N3CCN(c4ccc(F)cn4)CC34CC4)c3c(F)cc(F)cc32)c1. The standard InChI is InChI=1S/C25H25F3N6O4S2/c1-16(2)39(35,36)32-8-5-19(14-32)40(37,38)34-21-12-18(27)11-20(28)23(21)24(30-34)33-10-9-31(15-25(33)6-7-25)22-4-3-17(26)13-29-22/h3-5,8,11-14,16H,6-7,9-10,15H2,1-2H3. The zero-order chi connectivity index (χ0) is 28.6. The summed E-state index contributed by atoms with van der Waals surface area (Å²) in [7, 11) is -8.39. The molecule has 10 nitrogen and oxygen atoms in total. The highest BCUT2D eigenvalue weighted by Gasteiger charge is 2.53. The molecule has 0 atom stereocenters. The number of anilines is 2. The smallest absolute Gasteiger partial charge is 0.285 e. The van der Waals surface area contributed by atoms with Gasteiger partial charge in [-0.15, -0.1) is 5.10 Å². The monoisotopic (exact) mass is 594 g/mol. The number of hydrogen-bond acceptors (Lipinski definition) is 8. The Balaban J connectivity index is 1.43. The number of fused-ring (bicyclic) bond motifs is 1. The largest absolute Gasteiger partial charge is 0.352 e. The summed E-state index contributed by atoms with van der Waals surface area (Å²) in [6.07, 6.45) is 4.61. The Morgan fingerprint density at radius 3 is 2.38 bits per heavy atom. The summed E-state index contributed by atoms with van der Waals surface area (Å²) >= 11 is 0. The minimum atomic E-state index is -4.55. The van der Waals surface area contributed by atoms with Crippen molar-refractivity contribution in [3.63, 3.8) is 0 Å². The molecule has 212 valence electrons. The first-order chi connectivity index (χ1) is 18.8. The van der Waals surface area contributed by atoms with Gasteiger partial charge < -0.3 is 9.80 Å². The highest BCUT2D eigenvalue weighted by molar-refractivity contribution is 7.91. The van der Waals surface area contributed by atoms with Crippen molar-refractivity contribution in [2.45, 2.75) is 42.4 Å². The van der Waals surface area contributed by atoms with Gasteiger partial charge in [-0.1, -0.05) is 0 Å². The van der Waals surface area contributed by atoms with E-state index in [0.717, 1.165) is 34.7 Å². The van der Waals surface area contributed by atoms with Crippen LogP contribution in [-0.2, 0) is 20.0 Å². The fourth-order valence-corrected chi connectivity index (χ4v) is 7.45. The van der Waals surface area contributed by atoms with Crippen LogP contribution >= 0.6 is 0 Å². The van der Waals surface area contributed by atoms with Crippen LogP contribution in [0, 0.1) is 17.5 Å². The van der Waals surface area contributed by atoms with E-state index in [1.807, 2.05) is 9.80 Å². The number of rotatable bonds is 6. The molecule has 1 aromatic carbocycles. The Hall–Kier alpha value is -3.59. The lowest BCUT2D eigenvalue weighted by Gasteiger charge is -2.43. The first-order valence-corrected chi connectivity index (χ1v) is 15.5. The van der Waals surface area contributed by atoms with E-state index in [0.29, 0.717) is 48.4 Å². The van der Waals surface area contributed by atoms with Crippen LogP contribution in [0.1, 0.15) is 26.7 Å². The third kappa shape index (κ3) is 4.13. The fourth-order valence-electron chi connectivity index (χ4n) is 5.14. The molecule has 1 saturated carbocycles. The molecule has 1 spiro atoms. The molecule has 1 saturated heterocycles. The predicted molar refractivity (Wildman–Crippen MR) is 142 cm³/mol. The minimum absolute atomic E-state index is 0.0505. The Kier molecular flexibility index (Phi) is 5.96. The van der Waals surface area contributed by atoms with Crippen LogP contribution in [0.15, 0.2) is 53.8 Å². The van der Waals surface area contributed by atoms with E-state index in [2.05, 4.69) is 10.1 Å².